The number of amides is 1. The van der Waals surface area contributed by atoms with E-state index in [-0.39, 0.29) is 21.5 Å². The molecule has 142 valence electrons. The molecule has 0 aliphatic carbocycles. The molecule has 4 rings (SSSR count). The van der Waals surface area contributed by atoms with Crippen LogP contribution in [0.3, 0.4) is 0 Å². The quantitative estimate of drug-likeness (QED) is 0.667. The highest BCUT2D eigenvalue weighted by Crippen LogP contribution is 2.40. The Bertz CT molecular complexity index is 977. The van der Waals surface area contributed by atoms with Gasteiger partial charge in [0.2, 0.25) is 0 Å². The number of halogens is 2. The number of hydrogen-bond acceptors (Lipinski definition) is 6. The maximum Gasteiger partial charge on any atom is 0.282 e. The van der Waals surface area contributed by atoms with Crippen molar-refractivity contribution in [3.05, 3.63) is 30.0 Å². The number of rotatable bonds is 6. The fourth-order valence-electron chi connectivity index (χ4n) is 2.95. The lowest BCUT2D eigenvalue weighted by Crippen LogP contribution is -2.43. The van der Waals surface area contributed by atoms with E-state index >= 15 is 0 Å². The number of carbonyl (C=O) groups excluding carboxylic acids is 1. The second-order valence-electron chi connectivity index (χ2n) is 6.78. The smallest absolute Gasteiger partial charge is 0.282 e. The van der Waals surface area contributed by atoms with Gasteiger partial charge in [0.15, 0.2) is 0 Å². The van der Waals surface area contributed by atoms with Crippen molar-refractivity contribution in [2.45, 2.75) is 19.9 Å². The molecule has 11 heteroatoms. The molecule has 0 spiro atoms. The fraction of sp³-hybridized carbons (Fsp3) is 0.375. The zero-order valence-corrected chi connectivity index (χ0v) is 15.1. The van der Waals surface area contributed by atoms with Crippen molar-refractivity contribution in [3.8, 4) is 21.0 Å². The minimum Gasteiger partial charge on any atom is -0.380 e. The van der Waals surface area contributed by atoms with Gasteiger partial charge in [0.05, 0.1) is 30.8 Å². The standard InChI is InChI=1S/C16H16F2N6O2S/c1-16(6-26-7-16)5-24-4-9(10(23-24)13(17)18)12-11(14(19)25)22-15(27-12)8-2-20-21-3-8/h2-4,13H,5-7H2,1H3,(H2,19,25)(H,20,21). The third-order valence-corrected chi connectivity index (χ3v) is 5.43. The molecule has 0 bridgehead atoms. The molecular formula is C16H16F2N6O2S. The van der Waals surface area contributed by atoms with Gasteiger partial charge in [0.1, 0.15) is 16.4 Å². The number of nitrogens with two attached hydrogens (primary N) is 1. The van der Waals surface area contributed by atoms with Crippen molar-refractivity contribution in [3.63, 3.8) is 0 Å². The highest BCUT2D eigenvalue weighted by atomic mass is 32.1. The normalized spacial score (nSPS) is 15.9. The van der Waals surface area contributed by atoms with Crippen LogP contribution in [0, 0.1) is 5.41 Å². The molecule has 0 radical (unpaired) electrons. The summed E-state index contributed by atoms with van der Waals surface area (Å²) < 4.78 is 33.9. The third-order valence-electron chi connectivity index (χ3n) is 4.29. The second kappa shape index (κ2) is 6.50. The van der Waals surface area contributed by atoms with Gasteiger partial charge in [-0.05, 0) is 0 Å². The van der Waals surface area contributed by atoms with E-state index in [4.69, 9.17) is 10.5 Å². The minimum absolute atomic E-state index is 0.0594. The van der Waals surface area contributed by atoms with Crippen LogP contribution in [0.25, 0.3) is 21.0 Å². The molecule has 27 heavy (non-hydrogen) atoms. The third kappa shape index (κ3) is 3.23. The molecular weight excluding hydrogens is 378 g/mol. The Kier molecular flexibility index (Phi) is 4.27. The Labute approximate surface area is 156 Å². The topological polar surface area (TPSA) is 112 Å². The van der Waals surface area contributed by atoms with Gasteiger partial charge in [-0.25, -0.2) is 13.8 Å². The number of nitrogens with zero attached hydrogens (tertiary/aromatic N) is 4. The van der Waals surface area contributed by atoms with Crippen LogP contribution >= 0.6 is 11.3 Å². The number of primary amides is 1. The first-order valence-electron chi connectivity index (χ1n) is 8.10. The largest absolute Gasteiger partial charge is 0.380 e. The van der Waals surface area contributed by atoms with Crippen LogP contribution in [0.4, 0.5) is 8.78 Å². The zero-order valence-electron chi connectivity index (χ0n) is 14.3. The van der Waals surface area contributed by atoms with Crippen molar-refractivity contribution in [2.24, 2.45) is 11.1 Å². The van der Waals surface area contributed by atoms with E-state index < -0.39 is 18.0 Å². The van der Waals surface area contributed by atoms with Crippen LogP contribution in [0.1, 0.15) is 29.5 Å². The summed E-state index contributed by atoms with van der Waals surface area (Å²) in [7, 11) is 0. The highest BCUT2D eigenvalue weighted by molar-refractivity contribution is 7.18. The van der Waals surface area contributed by atoms with Gasteiger partial charge in [0, 0.05) is 28.9 Å². The number of nitrogens with one attached hydrogen (secondary N) is 1. The molecule has 3 aromatic rings. The van der Waals surface area contributed by atoms with Gasteiger partial charge < -0.3 is 10.5 Å². The molecule has 0 unspecified atom stereocenters. The molecule has 1 aliphatic heterocycles. The van der Waals surface area contributed by atoms with Gasteiger partial charge in [-0.3, -0.25) is 14.6 Å². The lowest BCUT2D eigenvalue weighted by Gasteiger charge is -2.37. The number of hydrogen-bond donors (Lipinski definition) is 2. The van der Waals surface area contributed by atoms with Gasteiger partial charge in [-0.15, -0.1) is 11.3 Å². The molecule has 1 aliphatic rings. The monoisotopic (exact) mass is 394 g/mol. The van der Waals surface area contributed by atoms with Crippen LogP contribution in [0.15, 0.2) is 18.6 Å². The molecule has 1 amide bonds. The molecule has 1 fully saturated rings. The number of H-pyrrole nitrogens is 1. The van der Waals surface area contributed by atoms with Crippen molar-refractivity contribution >= 4 is 17.2 Å². The summed E-state index contributed by atoms with van der Waals surface area (Å²) >= 11 is 1.10. The maximum atomic E-state index is 13.6. The van der Waals surface area contributed by atoms with Crippen molar-refractivity contribution in [2.75, 3.05) is 13.2 Å². The number of ether oxygens (including phenoxy) is 1. The van der Waals surface area contributed by atoms with Crippen LogP contribution in [-0.2, 0) is 11.3 Å². The van der Waals surface area contributed by atoms with E-state index in [1.165, 1.54) is 17.1 Å². The highest BCUT2D eigenvalue weighted by Gasteiger charge is 2.35. The van der Waals surface area contributed by atoms with Gasteiger partial charge in [-0.2, -0.15) is 10.2 Å². The Morgan fingerprint density at radius 2 is 2.30 bits per heavy atom. The van der Waals surface area contributed by atoms with Crippen LogP contribution in [0.5, 0.6) is 0 Å². The SMILES string of the molecule is CC1(Cn2cc(-c3sc(-c4cn[nH]c4)nc3C(N)=O)c(C(F)F)n2)COC1. The predicted molar refractivity (Wildman–Crippen MR) is 93.3 cm³/mol. The molecule has 8 nitrogen and oxygen atoms in total. The lowest BCUT2D eigenvalue weighted by atomic mass is 9.89. The maximum absolute atomic E-state index is 13.6. The molecule has 3 N–H and O–H groups in total. The van der Waals surface area contributed by atoms with Crippen molar-refractivity contribution < 1.29 is 18.3 Å². The van der Waals surface area contributed by atoms with E-state index in [1.54, 1.807) is 6.20 Å². The van der Waals surface area contributed by atoms with E-state index in [9.17, 15) is 13.6 Å². The van der Waals surface area contributed by atoms with Crippen molar-refractivity contribution in [1.29, 1.82) is 0 Å². The fourth-order valence-corrected chi connectivity index (χ4v) is 4.02. The van der Waals surface area contributed by atoms with Crippen LogP contribution in [-0.4, -0.2) is 44.1 Å². The minimum atomic E-state index is -2.80. The number of alkyl halides is 2. The lowest BCUT2D eigenvalue weighted by molar-refractivity contribution is -0.111. The van der Waals surface area contributed by atoms with E-state index in [0.717, 1.165) is 11.3 Å². The molecule has 3 aromatic heterocycles. The number of carbonyl (C=O) groups is 1. The predicted octanol–water partition coefficient (Wildman–Crippen LogP) is 2.47. The van der Waals surface area contributed by atoms with Gasteiger partial charge >= 0.3 is 0 Å². The van der Waals surface area contributed by atoms with Gasteiger partial charge in [-0.1, -0.05) is 6.92 Å². The summed E-state index contributed by atoms with van der Waals surface area (Å²) in [6.45, 7) is 3.53. The van der Waals surface area contributed by atoms with Crippen molar-refractivity contribution in [1.82, 2.24) is 25.0 Å². The van der Waals surface area contributed by atoms with E-state index in [2.05, 4.69) is 20.3 Å². The molecule has 4 heterocycles. The summed E-state index contributed by atoms with van der Waals surface area (Å²) in [6.07, 6.45) is 1.85. The Morgan fingerprint density at radius 1 is 1.52 bits per heavy atom. The van der Waals surface area contributed by atoms with Gasteiger partial charge in [0.25, 0.3) is 12.3 Å². The summed E-state index contributed by atoms with van der Waals surface area (Å²) in [5.74, 6) is -0.789. The molecule has 0 atom stereocenters. The average molecular weight is 394 g/mol. The number of aromatic nitrogens is 5. The zero-order chi connectivity index (χ0) is 19.2. The summed E-state index contributed by atoms with van der Waals surface area (Å²) in [4.78, 5) is 16.4. The first kappa shape index (κ1) is 17.7. The number of thiazole rings is 1. The Balaban J connectivity index is 1.79. The molecule has 0 aromatic carbocycles. The first-order valence-corrected chi connectivity index (χ1v) is 8.91. The summed E-state index contributed by atoms with van der Waals surface area (Å²) in [5, 5.41) is 11.0. The summed E-state index contributed by atoms with van der Waals surface area (Å²) in [6, 6.07) is 0. The second-order valence-corrected chi connectivity index (χ2v) is 7.78. The first-order chi connectivity index (χ1) is 12.9. The van der Waals surface area contributed by atoms with Crippen LogP contribution in [0.2, 0.25) is 0 Å². The molecule has 0 saturated carbocycles. The van der Waals surface area contributed by atoms with Crippen LogP contribution < -0.4 is 5.73 Å². The Hall–Kier alpha value is -2.66. The average Bonchev–Trinajstić information content (AvgIpc) is 3.31. The Morgan fingerprint density at radius 3 is 2.85 bits per heavy atom. The number of aromatic amines is 1. The molecule has 1 saturated heterocycles. The summed E-state index contributed by atoms with van der Waals surface area (Å²) in [5.41, 5.74) is 5.63. The van der Waals surface area contributed by atoms with E-state index in [0.29, 0.717) is 30.3 Å². The van der Waals surface area contributed by atoms with E-state index in [1.807, 2.05) is 6.92 Å².